The molecule has 0 fully saturated rings. The van der Waals surface area contributed by atoms with Gasteiger partial charge in [-0.2, -0.15) is 0 Å². The van der Waals surface area contributed by atoms with E-state index < -0.39 is 16.6 Å². The number of nitrogens with zero attached hydrogens (tertiary/aromatic N) is 1. The number of carbonyl (C=O) groups excluding carboxylic acids is 1. The van der Waals surface area contributed by atoms with Crippen LogP contribution in [0.5, 0.6) is 11.5 Å². The molecule has 0 atom stereocenters. The highest BCUT2D eigenvalue weighted by atomic mass is 19.1. The van der Waals surface area contributed by atoms with E-state index in [9.17, 15) is 19.3 Å². The Hall–Kier alpha value is -3.16. The number of benzene rings is 2. The molecule has 0 aromatic heterocycles. The Morgan fingerprint density at radius 1 is 1.12 bits per heavy atom. The zero-order chi connectivity index (χ0) is 18.4. The van der Waals surface area contributed by atoms with E-state index in [-0.39, 0.29) is 16.9 Å². The van der Waals surface area contributed by atoms with Gasteiger partial charge < -0.3 is 14.8 Å². The van der Waals surface area contributed by atoms with Crippen LogP contribution in [0.25, 0.3) is 0 Å². The number of nitrogens with one attached hydrogen (secondary N) is 1. The first-order valence-electron chi connectivity index (χ1n) is 7.61. The van der Waals surface area contributed by atoms with Crippen LogP contribution in [0.1, 0.15) is 24.2 Å². The molecule has 0 unspecified atom stereocenters. The van der Waals surface area contributed by atoms with Crippen LogP contribution in [0.2, 0.25) is 0 Å². The molecule has 25 heavy (non-hydrogen) atoms. The lowest BCUT2D eigenvalue weighted by atomic mass is 10.1. The Balaban J connectivity index is 2.27. The largest absolute Gasteiger partial charge is 0.490 e. The molecule has 8 heteroatoms. The van der Waals surface area contributed by atoms with Gasteiger partial charge in [-0.25, -0.2) is 4.39 Å². The molecule has 7 nitrogen and oxygen atoms in total. The summed E-state index contributed by atoms with van der Waals surface area (Å²) >= 11 is 0. The highest BCUT2D eigenvalue weighted by Gasteiger charge is 2.16. The molecule has 0 aliphatic carbocycles. The second-order valence-corrected chi connectivity index (χ2v) is 4.90. The Morgan fingerprint density at radius 2 is 1.80 bits per heavy atom. The number of nitro benzene ring substituents is 1. The highest BCUT2D eigenvalue weighted by molar-refractivity contribution is 6.04. The van der Waals surface area contributed by atoms with Crippen LogP contribution < -0.4 is 14.8 Å². The van der Waals surface area contributed by atoms with Crippen LogP contribution in [-0.2, 0) is 0 Å². The first kappa shape index (κ1) is 18.2. The van der Waals surface area contributed by atoms with Gasteiger partial charge in [0.15, 0.2) is 11.5 Å². The van der Waals surface area contributed by atoms with E-state index in [0.29, 0.717) is 24.7 Å². The smallest absolute Gasteiger partial charge is 0.271 e. The molecule has 0 heterocycles. The number of amides is 1. The Morgan fingerprint density at radius 3 is 2.44 bits per heavy atom. The van der Waals surface area contributed by atoms with Gasteiger partial charge in [0.05, 0.1) is 23.8 Å². The monoisotopic (exact) mass is 348 g/mol. The number of non-ortho nitro benzene ring substituents is 1. The summed E-state index contributed by atoms with van der Waals surface area (Å²) in [4.78, 5) is 22.4. The Bertz CT molecular complexity index is 795. The number of halogens is 1. The second kappa shape index (κ2) is 8.09. The molecule has 1 amide bonds. The average Bonchev–Trinajstić information content (AvgIpc) is 2.58. The van der Waals surface area contributed by atoms with Crippen LogP contribution in [-0.4, -0.2) is 24.0 Å². The molecule has 0 saturated carbocycles. The van der Waals surface area contributed by atoms with Crippen molar-refractivity contribution in [3.05, 3.63) is 57.9 Å². The van der Waals surface area contributed by atoms with Crippen LogP contribution in [0, 0.1) is 15.9 Å². The third kappa shape index (κ3) is 4.43. The quantitative estimate of drug-likeness (QED) is 0.607. The predicted molar refractivity (Wildman–Crippen MR) is 89.8 cm³/mol. The molecule has 0 spiro atoms. The van der Waals surface area contributed by atoms with Gasteiger partial charge in [0.1, 0.15) is 5.82 Å². The fraction of sp³-hybridized carbons (Fsp3) is 0.235. The summed E-state index contributed by atoms with van der Waals surface area (Å²) < 4.78 is 24.6. The van der Waals surface area contributed by atoms with Crippen LogP contribution >= 0.6 is 0 Å². The molecule has 1 N–H and O–H groups in total. The topological polar surface area (TPSA) is 90.7 Å². The third-order valence-electron chi connectivity index (χ3n) is 3.21. The third-order valence-corrected chi connectivity index (χ3v) is 3.21. The zero-order valence-corrected chi connectivity index (χ0v) is 13.7. The van der Waals surface area contributed by atoms with Crippen molar-refractivity contribution < 1.29 is 23.6 Å². The standard InChI is InChI=1S/C17H17FN2O5/c1-3-24-15-8-5-11(9-16(15)25-4-2)17(21)19-14-10-12(20(22)23)6-7-13(14)18/h5-10H,3-4H2,1-2H3,(H,19,21). The van der Waals surface area contributed by atoms with E-state index in [0.717, 1.165) is 18.2 Å². The molecule has 0 aliphatic rings. The maximum atomic E-state index is 13.8. The van der Waals surface area contributed by atoms with Crippen LogP contribution in [0.4, 0.5) is 15.8 Å². The van der Waals surface area contributed by atoms with Gasteiger partial charge in [-0.05, 0) is 38.1 Å². The molecule has 2 aromatic rings. The van der Waals surface area contributed by atoms with E-state index in [1.165, 1.54) is 12.1 Å². The van der Waals surface area contributed by atoms with Gasteiger partial charge in [0, 0.05) is 17.7 Å². The maximum absolute atomic E-state index is 13.8. The summed E-state index contributed by atoms with van der Waals surface area (Å²) in [6.07, 6.45) is 0. The van der Waals surface area contributed by atoms with E-state index in [1.54, 1.807) is 13.0 Å². The molecule has 2 rings (SSSR count). The molecule has 0 saturated heterocycles. The SMILES string of the molecule is CCOc1ccc(C(=O)Nc2cc([N+](=O)[O-])ccc2F)cc1OCC. The van der Waals surface area contributed by atoms with Crippen molar-refractivity contribution in [2.75, 3.05) is 18.5 Å². The second-order valence-electron chi connectivity index (χ2n) is 4.90. The van der Waals surface area contributed by atoms with E-state index in [2.05, 4.69) is 5.32 Å². The van der Waals surface area contributed by atoms with E-state index in [1.807, 2.05) is 6.92 Å². The summed E-state index contributed by atoms with van der Waals surface area (Å²) in [5.41, 5.74) is -0.387. The van der Waals surface area contributed by atoms with Crippen molar-refractivity contribution in [2.24, 2.45) is 0 Å². The lowest BCUT2D eigenvalue weighted by molar-refractivity contribution is -0.384. The van der Waals surface area contributed by atoms with Crippen molar-refractivity contribution in [1.29, 1.82) is 0 Å². The van der Waals surface area contributed by atoms with E-state index >= 15 is 0 Å². The van der Waals surface area contributed by atoms with Gasteiger partial charge in [-0.15, -0.1) is 0 Å². The number of hydrogen-bond acceptors (Lipinski definition) is 5. The van der Waals surface area contributed by atoms with Crippen molar-refractivity contribution in [3.8, 4) is 11.5 Å². The number of rotatable bonds is 7. The lowest BCUT2D eigenvalue weighted by Gasteiger charge is -2.12. The minimum atomic E-state index is -0.769. The molecule has 132 valence electrons. The van der Waals surface area contributed by atoms with Crippen molar-refractivity contribution in [3.63, 3.8) is 0 Å². The Kier molecular flexibility index (Phi) is 5.89. The van der Waals surface area contributed by atoms with Crippen LogP contribution in [0.3, 0.4) is 0 Å². The van der Waals surface area contributed by atoms with Gasteiger partial charge in [-0.1, -0.05) is 0 Å². The number of hydrogen-bond donors (Lipinski definition) is 1. The molecular weight excluding hydrogens is 331 g/mol. The fourth-order valence-electron chi connectivity index (χ4n) is 2.11. The first-order chi connectivity index (χ1) is 12.0. The summed E-state index contributed by atoms with van der Waals surface area (Å²) in [5.74, 6) is -0.516. The van der Waals surface area contributed by atoms with Crippen molar-refractivity contribution in [1.82, 2.24) is 0 Å². The molecule has 0 radical (unpaired) electrons. The predicted octanol–water partition coefficient (Wildman–Crippen LogP) is 3.78. The first-order valence-corrected chi connectivity index (χ1v) is 7.61. The number of carbonyl (C=O) groups is 1. The molecule has 0 aliphatic heterocycles. The van der Waals surface area contributed by atoms with Gasteiger partial charge in [-0.3, -0.25) is 14.9 Å². The van der Waals surface area contributed by atoms with Gasteiger partial charge in [0.2, 0.25) is 0 Å². The molecule has 2 aromatic carbocycles. The van der Waals surface area contributed by atoms with Crippen LogP contribution in [0.15, 0.2) is 36.4 Å². The summed E-state index contributed by atoms with van der Waals surface area (Å²) in [6, 6.07) is 7.46. The minimum Gasteiger partial charge on any atom is -0.490 e. The summed E-state index contributed by atoms with van der Waals surface area (Å²) in [7, 11) is 0. The fourth-order valence-corrected chi connectivity index (χ4v) is 2.11. The number of ether oxygens (including phenoxy) is 2. The van der Waals surface area contributed by atoms with E-state index in [4.69, 9.17) is 9.47 Å². The highest BCUT2D eigenvalue weighted by Crippen LogP contribution is 2.29. The summed E-state index contributed by atoms with van der Waals surface area (Å²) in [6.45, 7) is 4.43. The average molecular weight is 348 g/mol. The normalized spacial score (nSPS) is 10.2. The maximum Gasteiger partial charge on any atom is 0.271 e. The molecular formula is C17H17FN2O5. The number of anilines is 1. The minimum absolute atomic E-state index is 0.206. The Labute approximate surface area is 143 Å². The van der Waals surface area contributed by atoms with Crippen molar-refractivity contribution >= 4 is 17.3 Å². The molecule has 0 bridgehead atoms. The lowest BCUT2D eigenvalue weighted by Crippen LogP contribution is -2.13. The van der Waals surface area contributed by atoms with Gasteiger partial charge in [0.25, 0.3) is 11.6 Å². The zero-order valence-electron chi connectivity index (χ0n) is 13.7. The summed E-state index contributed by atoms with van der Waals surface area (Å²) in [5, 5.41) is 13.1. The number of nitro groups is 1. The van der Waals surface area contributed by atoms with Crippen molar-refractivity contribution in [2.45, 2.75) is 13.8 Å². The van der Waals surface area contributed by atoms with Gasteiger partial charge >= 0.3 is 0 Å².